The molecule has 1 atom stereocenters. The monoisotopic (exact) mass is 317 g/mol. The number of nitrogens with one attached hydrogen (secondary N) is 1. The number of aromatic amines is 1. The van der Waals surface area contributed by atoms with E-state index in [1.165, 1.54) is 6.07 Å². The summed E-state index contributed by atoms with van der Waals surface area (Å²) in [5.41, 5.74) is 1.81. The first kappa shape index (κ1) is 15.5. The number of carbonyl (C=O) groups is 1. The molecular weight excluding hydrogens is 297 g/mol. The summed E-state index contributed by atoms with van der Waals surface area (Å²) in [6.45, 7) is 2.75. The molecule has 0 aliphatic carbocycles. The summed E-state index contributed by atoms with van der Waals surface area (Å²) in [4.78, 5) is 13.5. The van der Waals surface area contributed by atoms with E-state index < -0.39 is 0 Å². The van der Waals surface area contributed by atoms with Gasteiger partial charge in [0.2, 0.25) is 5.91 Å². The number of ether oxygens (including phenoxy) is 1. The zero-order chi connectivity index (χ0) is 16.2. The van der Waals surface area contributed by atoms with Crippen LogP contribution in [0.1, 0.15) is 37.2 Å². The van der Waals surface area contributed by atoms with Crippen molar-refractivity contribution in [1.82, 2.24) is 15.1 Å². The lowest BCUT2D eigenvalue weighted by Crippen LogP contribution is -2.28. The highest BCUT2D eigenvalue weighted by molar-refractivity contribution is 5.74. The van der Waals surface area contributed by atoms with E-state index in [2.05, 4.69) is 10.2 Å². The number of H-pyrrole nitrogens is 1. The third kappa shape index (κ3) is 3.52. The summed E-state index contributed by atoms with van der Waals surface area (Å²) in [6.07, 6.45) is 2.55. The van der Waals surface area contributed by atoms with E-state index in [0.717, 1.165) is 30.8 Å². The number of likely N-dealkylation sites (tertiary alicyclic amines) is 1. The summed E-state index contributed by atoms with van der Waals surface area (Å²) in [6, 6.07) is 8.38. The van der Waals surface area contributed by atoms with Gasteiger partial charge in [-0.15, -0.1) is 0 Å². The van der Waals surface area contributed by atoms with Crippen molar-refractivity contribution in [3.8, 4) is 5.75 Å². The second-order valence-electron chi connectivity index (χ2n) is 5.72. The molecule has 5 nitrogen and oxygen atoms in total. The SMILES string of the molecule is CC(=O)N1CCC[C@H]1c1cc(CCOc2ccccc2F)[nH]n1. The van der Waals surface area contributed by atoms with Gasteiger partial charge in [-0.2, -0.15) is 5.10 Å². The van der Waals surface area contributed by atoms with Gasteiger partial charge in [-0.05, 0) is 31.0 Å². The summed E-state index contributed by atoms with van der Waals surface area (Å²) in [5.74, 6) is -0.0217. The smallest absolute Gasteiger partial charge is 0.220 e. The van der Waals surface area contributed by atoms with Crippen LogP contribution < -0.4 is 4.74 Å². The minimum Gasteiger partial charge on any atom is -0.490 e. The van der Waals surface area contributed by atoms with Gasteiger partial charge in [-0.3, -0.25) is 9.89 Å². The normalized spacial score (nSPS) is 17.5. The van der Waals surface area contributed by atoms with Crippen molar-refractivity contribution >= 4 is 5.91 Å². The number of nitrogens with zero attached hydrogens (tertiary/aromatic N) is 2. The lowest BCUT2D eigenvalue weighted by Gasteiger charge is -2.21. The van der Waals surface area contributed by atoms with E-state index in [-0.39, 0.29) is 23.5 Å². The predicted molar refractivity (Wildman–Crippen MR) is 83.5 cm³/mol. The van der Waals surface area contributed by atoms with Gasteiger partial charge in [-0.25, -0.2) is 4.39 Å². The number of amides is 1. The van der Waals surface area contributed by atoms with Crippen LogP contribution in [0.3, 0.4) is 0 Å². The molecule has 0 saturated carbocycles. The van der Waals surface area contributed by atoms with Crippen LogP contribution in [0.25, 0.3) is 0 Å². The second-order valence-corrected chi connectivity index (χ2v) is 5.72. The number of para-hydroxylation sites is 1. The molecule has 6 heteroatoms. The summed E-state index contributed by atoms with van der Waals surface area (Å²) >= 11 is 0. The molecule has 1 amide bonds. The largest absolute Gasteiger partial charge is 0.490 e. The van der Waals surface area contributed by atoms with Gasteiger partial charge in [0.05, 0.1) is 18.3 Å². The number of benzene rings is 1. The van der Waals surface area contributed by atoms with Crippen molar-refractivity contribution < 1.29 is 13.9 Å². The molecule has 2 aromatic rings. The fourth-order valence-electron chi connectivity index (χ4n) is 2.96. The molecule has 1 aliphatic rings. The fourth-order valence-corrected chi connectivity index (χ4v) is 2.96. The molecule has 1 fully saturated rings. The molecule has 0 unspecified atom stereocenters. The van der Waals surface area contributed by atoms with Crippen molar-refractivity contribution in [2.75, 3.05) is 13.2 Å². The number of rotatable bonds is 5. The van der Waals surface area contributed by atoms with Gasteiger partial charge in [0.15, 0.2) is 11.6 Å². The number of aromatic nitrogens is 2. The Morgan fingerprint density at radius 1 is 1.48 bits per heavy atom. The number of carbonyl (C=O) groups excluding carboxylic acids is 1. The highest BCUT2D eigenvalue weighted by atomic mass is 19.1. The Hall–Kier alpha value is -2.37. The fraction of sp³-hybridized carbons (Fsp3) is 0.412. The minimum atomic E-state index is -0.360. The first-order valence-corrected chi connectivity index (χ1v) is 7.84. The maximum atomic E-state index is 13.5. The van der Waals surface area contributed by atoms with Crippen LogP contribution in [-0.4, -0.2) is 34.2 Å². The Balaban J connectivity index is 1.57. The molecule has 1 saturated heterocycles. The zero-order valence-electron chi connectivity index (χ0n) is 13.1. The maximum Gasteiger partial charge on any atom is 0.220 e. The van der Waals surface area contributed by atoms with E-state index in [4.69, 9.17) is 4.74 Å². The average Bonchev–Trinajstić information content (AvgIpc) is 3.17. The van der Waals surface area contributed by atoms with E-state index in [1.54, 1.807) is 25.1 Å². The van der Waals surface area contributed by atoms with Crippen molar-refractivity contribution in [1.29, 1.82) is 0 Å². The van der Waals surface area contributed by atoms with Crippen LogP contribution in [0.5, 0.6) is 5.75 Å². The second kappa shape index (κ2) is 6.81. The van der Waals surface area contributed by atoms with E-state index in [1.807, 2.05) is 11.0 Å². The lowest BCUT2D eigenvalue weighted by molar-refractivity contribution is -0.129. The predicted octanol–water partition coefficient (Wildman–Crippen LogP) is 2.85. The molecule has 0 spiro atoms. The summed E-state index contributed by atoms with van der Waals surface area (Å²) in [5, 5.41) is 7.31. The Bertz CT molecular complexity index is 686. The van der Waals surface area contributed by atoms with Crippen LogP contribution in [0.15, 0.2) is 30.3 Å². The molecule has 23 heavy (non-hydrogen) atoms. The highest BCUT2D eigenvalue weighted by Gasteiger charge is 2.29. The van der Waals surface area contributed by atoms with Gasteiger partial charge >= 0.3 is 0 Å². The Morgan fingerprint density at radius 2 is 2.30 bits per heavy atom. The molecule has 2 heterocycles. The van der Waals surface area contributed by atoms with Gasteiger partial charge in [0.1, 0.15) is 0 Å². The summed E-state index contributed by atoms with van der Waals surface area (Å²) < 4.78 is 18.9. The molecule has 122 valence electrons. The third-order valence-electron chi connectivity index (χ3n) is 4.12. The van der Waals surface area contributed by atoms with Crippen molar-refractivity contribution in [2.45, 2.75) is 32.2 Å². The number of hydrogen-bond acceptors (Lipinski definition) is 3. The van der Waals surface area contributed by atoms with E-state index in [0.29, 0.717) is 13.0 Å². The Morgan fingerprint density at radius 3 is 3.09 bits per heavy atom. The molecule has 1 N–H and O–H groups in total. The highest BCUT2D eigenvalue weighted by Crippen LogP contribution is 2.31. The van der Waals surface area contributed by atoms with Crippen LogP contribution in [0.4, 0.5) is 4.39 Å². The molecular formula is C17H20FN3O2. The topological polar surface area (TPSA) is 58.2 Å². The number of halogens is 1. The van der Waals surface area contributed by atoms with Crippen LogP contribution in [-0.2, 0) is 11.2 Å². The standard InChI is InChI=1S/C17H20FN3O2/c1-12(22)21-9-4-6-16(21)15-11-13(19-20-15)8-10-23-17-7-3-2-5-14(17)18/h2-3,5,7,11,16H,4,6,8-10H2,1H3,(H,19,20)/t16-/m0/s1. The average molecular weight is 317 g/mol. The molecule has 3 rings (SSSR count). The van der Waals surface area contributed by atoms with Crippen LogP contribution in [0.2, 0.25) is 0 Å². The van der Waals surface area contributed by atoms with E-state index >= 15 is 0 Å². The lowest BCUT2D eigenvalue weighted by atomic mass is 10.1. The van der Waals surface area contributed by atoms with Crippen molar-refractivity contribution in [3.63, 3.8) is 0 Å². The van der Waals surface area contributed by atoms with Gasteiger partial charge in [0.25, 0.3) is 0 Å². The van der Waals surface area contributed by atoms with Crippen molar-refractivity contribution in [3.05, 3.63) is 47.5 Å². The van der Waals surface area contributed by atoms with Gasteiger partial charge in [-0.1, -0.05) is 12.1 Å². The van der Waals surface area contributed by atoms with Gasteiger partial charge in [0, 0.05) is 25.6 Å². The molecule has 1 aromatic carbocycles. The summed E-state index contributed by atoms with van der Waals surface area (Å²) in [7, 11) is 0. The van der Waals surface area contributed by atoms with Gasteiger partial charge < -0.3 is 9.64 Å². The first-order valence-electron chi connectivity index (χ1n) is 7.84. The third-order valence-corrected chi connectivity index (χ3v) is 4.12. The van der Waals surface area contributed by atoms with Crippen LogP contribution in [0, 0.1) is 5.82 Å². The first-order chi connectivity index (χ1) is 11.1. The quantitative estimate of drug-likeness (QED) is 0.922. The minimum absolute atomic E-state index is 0.0602. The zero-order valence-corrected chi connectivity index (χ0v) is 13.1. The molecule has 0 radical (unpaired) electrons. The molecule has 0 bridgehead atoms. The Kier molecular flexibility index (Phi) is 4.60. The van der Waals surface area contributed by atoms with E-state index in [9.17, 15) is 9.18 Å². The maximum absolute atomic E-state index is 13.5. The number of hydrogen-bond donors (Lipinski definition) is 1. The molecule has 1 aromatic heterocycles. The van der Waals surface area contributed by atoms with Crippen molar-refractivity contribution in [2.24, 2.45) is 0 Å². The Labute approximate surface area is 134 Å². The molecule has 1 aliphatic heterocycles. The van der Waals surface area contributed by atoms with Crippen LogP contribution >= 0.6 is 0 Å².